The summed E-state index contributed by atoms with van der Waals surface area (Å²) in [7, 11) is 0. The summed E-state index contributed by atoms with van der Waals surface area (Å²) in [5.74, 6) is 2.75. The highest BCUT2D eigenvalue weighted by atomic mass is 16.5. The average Bonchev–Trinajstić information content (AvgIpc) is 3.13. The van der Waals surface area contributed by atoms with E-state index in [2.05, 4.69) is 37.0 Å². The van der Waals surface area contributed by atoms with E-state index in [0.29, 0.717) is 12.6 Å². The third-order valence-electron chi connectivity index (χ3n) is 5.82. The van der Waals surface area contributed by atoms with Crippen LogP contribution in [0.4, 0.5) is 0 Å². The molecule has 2 aliphatic rings. The molecule has 0 aromatic heterocycles. The molecule has 0 saturated carbocycles. The zero-order chi connectivity index (χ0) is 19.7. The molecule has 4 rings (SSSR count). The van der Waals surface area contributed by atoms with Crippen LogP contribution in [0.15, 0.2) is 48.5 Å². The SMILES string of the molecule is CC1=CC(c2ccc(OC[C@H](C)N3CC[C@@H](C)C3)cc2)Oc2ccc(O)cc21. The highest BCUT2D eigenvalue weighted by Crippen LogP contribution is 2.39. The van der Waals surface area contributed by atoms with E-state index in [0.717, 1.165) is 34.1 Å². The van der Waals surface area contributed by atoms with Crippen molar-refractivity contribution in [2.75, 3.05) is 19.7 Å². The van der Waals surface area contributed by atoms with Crippen molar-refractivity contribution in [2.45, 2.75) is 39.3 Å². The predicted octanol–water partition coefficient (Wildman–Crippen LogP) is 5.04. The summed E-state index contributed by atoms with van der Waals surface area (Å²) in [6.45, 7) is 9.66. The molecule has 1 fully saturated rings. The molecule has 3 atom stereocenters. The molecule has 28 heavy (non-hydrogen) atoms. The van der Waals surface area contributed by atoms with Crippen molar-refractivity contribution in [3.8, 4) is 17.2 Å². The summed E-state index contributed by atoms with van der Waals surface area (Å²) >= 11 is 0. The van der Waals surface area contributed by atoms with Crippen LogP contribution in [0.5, 0.6) is 17.2 Å². The van der Waals surface area contributed by atoms with Gasteiger partial charge in [0, 0.05) is 18.2 Å². The van der Waals surface area contributed by atoms with Crippen LogP contribution in [-0.4, -0.2) is 35.7 Å². The molecule has 2 aromatic carbocycles. The highest BCUT2D eigenvalue weighted by Gasteiger charge is 2.24. The second-order valence-electron chi connectivity index (χ2n) is 8.19. The molecule has 4 heteroatoms. The number of hydrogen-bond donors (Lipinski definition) is 1. The van der Waals surface area contributed by atoms with Gasteiger partial charge in [-0.15, -0.1) is 0 Å². The molecule has 2 aliphatic heterocycles. The van der Waals surface area contributed by atoms with E-state index in [1.165, 1.54) is 19.5 Å². The van der Waals surface area contributed by atoms with Crippen LogP contribution >= 0.6 is 0 Å². The first-order valence-corrected chi connectivity index (χ1v) is 10.1. The maximum Gasteiger partial charge on any atom is 0.143 e. The molecule has 1 unspecified atom stereocenters. The third kappa shape index (κ3) is 4.02. The lowest BCUT2D eigenvalue weighted by atomic mass is 9.98. The smallest absolute Gasteiger partial charge is 0.143 e. The van der Waals surface area contributed by atoms with Gasteiger partial charge in [0.1, 0.15) is 30.0 Å². The molecule has 0 bridgehead atoms. The Morgan fingerprint density at radius 3 is 2.71 bits per heavy atom. The van der Waals surface area contributed by atoms with Crippen LogP contribution in [-0.2, 0) is 0 Å². The van der Waals surface area contributed by atoms with Gasteiger partial charge >= 0.3 is 0 Å². The van der Waals surface area contributed by atoms with Crippen molar-refractivity contribution in [3.63, 3.8) is 0 Å². The molecule has 148 valence electrons. The summed E-state index contributed by atoms with van der Waals surface area (Å²) in [5.41, 5.74) is 3.14. The number of fused-ring (bicyclic) bond motifs is 1. The molecule has 4 nitrogen and oxygen atoms in total. The second kappa shape index (κ2) is 7.88. The van der Waals surface area contributed by atoms with Gasteiger partial charge in [-0.1, -0.05) is 19.1 Å². The maximum atomic E-state index is 9.69. The molecule has 0 radical (unpaired) electrons. The van der Waals surface area contributed by atoms with Crippen LogP contribution in [0.1, 0.15) is 44.4 Å². The van der Waals surface area contributed by atoms with Crippen molar-refractivity contribution in [1.82, 2.24) is 4.90 Å². The lowest BCUT2D eigenvalue weighted by Crippen LogP contribution is -2.35. The number of nitrogens with zero attached hydrogens (tertiary/aromatic N) is 1. The number of allylic oxidation sites excluding steroid dienone is 1. The van der Waals surface area contributed by atoms with Gasteiger partial charge < -0.3 is 14.6 Å². The molecule has 1 saturated heterocycles. The first-order chi connectivity index (χ1) is 13.5. The van der Waals surface area contributed by atoms with Crippen LogP contribution in [0.3, 0.4) is 0 Å². The van der Waals surface area contributed by atoms with E-state index in [9.17, 15) is 5.11 Å². The number of likely N-dealkylation sites (tertiary alicyclic amines) is 1. The number of aromatic hydroxyl groups is 1. The fourth-order valence-corrected chi connectivity index (χ4v) is 4.03. The second-order valence-corrected chi connectivity index (χ2v) is 8.19. The molecule has 2 aromatic rings. The summed E-state index contributed by atoms with van der Waals surface area (Å²) in [6, 6.07) is 13.8. The Hall–Kier alpha value is -2.46. The van der Waals surface area contributed by atoms with Crippen LogP contribution < -0.4 is 9.47 Å². The first kappa shape index (κ1) is 18.9. The summed E-state index contributed by atoms with van der Waals surface area (Å²) in [5, 5.41) is 9.69. The standard InChI is InChI=1S/C24H29NO3/c1-16-10-11-25(14-16)18(3)15-27-21-7-4-19(5-8-21)24-12-17(2)22-13-20(26)6-9-23(22)28-24/h4-9,12-13,16,18,24,26H,10-11,14-15H2,1-3H3/t16-,18+,24?/m1/s1. The third-order valence-corrected chi connectivity index (χ3v) is 5.82. The topological polar surface area (TPSA) is 41.9 Å². The van der Waals surface area contributed by atoms with Gasteiger partial charge in [-0.25, -0.2) is 0 Å². The summed E-state index contributed by atoms with van der Waals surface area (Å²) in [6.07, 6.45) is 3.25. The number of hydrogen-bond acceptors (Lipinski definition) is 4. The minimum atomic E-state index is -0.129. The molecular formula is C24H29NO3. The summed E-state index contributed by atoms with van der Waals surface area (Å²) in [4.78, 5) is 2.51. The van der Waals surface area contributed by atoms with Gasteiger partial charge in [0.25, 0.3) is 0 Å². The van der Waals surface area contributed by atoms with Crippen molar-refractivity contribution in [3.05, 3.63) is 59.7 Å². The first-order valence-electron chi connectivity index (χ1n) is 10.1. The van der Waals surface area contributed by atoms with E-state index in [1.54, 1.807) is 12.1 Å². The largest absolute Gasteiger partial charge is 0.508 e. The maximum absolute atomic E-state index is 9.69. The van der Waals surface area contributed by atoms with Gasteiger partial charge in [0.05, 0.1) is 0 Å². The average molecular weight is 380 g/mol. The van der Waals surface area contributed by atoms with E-state index in [1.807, 2.05) is 25.1 Å². The van der Waals surface area contributed by atoms with Gasteiger partial charge in [0.2, 0.25) is 0 Å². The fourth-order valence-electron chi connectivity index (χ4n) is 4.03. The lowest BCUT2D eigenvalue weighted by Gasteiger charge is -2.25. The molecule has 0 amide bonds. The minimum Gasteiger partial charge on any atom is -0.508 e. The molecule has 0 aliphatic carbocycles. The van der Waals surface area contributed by atoms with Crippen LogP contribution in [0.25, 0.3) is 5.57 Å². The normalized spacial score (nSPS) is 22.9. The van der Waals surface area contributed by atoms with Gasteiger partial charge in [-0.2, -0.15) is 0 Å². The highest BCUT2D eigenvalue weighted by molar-refractivity contribution is 5.72. The van der Waals surface area contributed by atoms with Crippen LogP contribution in [0.2, 0.25) is 0 Å². The Morgan fingerprint density at radius 1 is 1.21 bits per heavy atom. The number of benzene rings is 2. The Kier molecular flexibility index (Phi) is 5.31. The molecule has 2 heterocycles. The Morgan fingerprint density at radius 2 is 2.00 bits per heavy atom. The molecule has 0 spiro atoms. The zero-order valence-electron chi connectivity index (χ0n) is 16.9. The van der Waals surface area contributed by atoms with Crippen molar-refractivity contribution < 1.29 is 14.6 Å². The Labute approximate surface area is 167 Å². The van der Waals surface area contributed by atoms with Crippen molar-refractivity contribution in [1.29, 1.82) is 0 Å². The lowest BCUT2D eigenvalue weighted by molar-refractivity contribution is 0.169. The zero-order valence-corrected chi connectivity index (χ0v) is 16.9. The van der Waals surface area contributed by atoms with Gasteiger partial charge in [-0.05, 0) is 80.3 Å². The van der Waals surface area contributed by atoms with Crippen molar-refractivity contribution in [2.24, 2.45) is 5.92 Å². The quantitative estimate of drug-likeness (QED) is 0.790. The van der Waals surface area contributed by atoms with Crippen molar-refractivity contribution >= 4 is 5.57 Å². The number of ether oxygens (including phenoxy) is 2. The van der Waals surface area contributed by atoms with E-state index in [-0.39, 0.29) is 11.9 Å². The Balaban J connectivity index is 1.38. The number of rotatable bonds is 5. The van der Waals surface area contributed by atoms with Crippen LogP contribution in [0, 0.1) is 5.92 Å². The Bertz CT molecular complexity index is 859. The molecular weight excluding hydrogens is 350 g/mol. The molecule has 1 N–H and O–H groups in total. The van der Waals surface area contributed by atoms with E-state index < -0.39 is 0 Å². The van der Waals surface area contributed by atoms with Gasteiger partial charge in [0.15, 0.2) is 0 Å². The minimum absolute atomic E-state index is 0.129. The fraction of sp³-hybridized carbons (Fsp3) is 0.417. The number of phenols is 1. The van der Waals surface area contributed by atoms with Gasteiger partial charge in [-0.3, -0.25) is 4.90 Å². The predicted molar refractivity (Wildman–Crippen MR) is 112 cm³/mol. The van der Waals surface area contributed by atoms with E-state index >= 15 is 0 Å². The monoisotopic (exact) mass is 379 g/mol. The summed E-state index contributed by atoms with van der Waals surface area (Å²) < 4.78 is 12.1. The number of phenolic OH excluding ortho intramolecular Hbond substituents is 1. The van der Waals surface area contributed by atoms with E-state index in [4.69, 9.17) is 9.47 Å².